The minimum Gasteiger partial charge on any atom is -1.00 e. The van der Waals surface area contributed by atoms with Gasteiger partial charge in [0.15, 0.2) is 0 Å². The number of halogens is 1. The van der Waals surface area contributed by atoms with E-state index in [2.05, 4.69) is 91.0 Å². The van der Waals surface area contributed by atoms with Gasteiger partial charge in [0.1, 0.15) is 0 Å². The van der Waals surface area contributed by atoms with Crippen molar-refractivity contribution in [2.24, 2.45) is 0 Å². The van der Waals surface area contributed by atoms with Crippen LogP contribution in [0.2, 0.25) is 0 Å². The third kappa shape index (κ3) is 4.48. The van der Waals surface area contributed by atoms with Crippen molar-refractivity contribution in [1.29, 1.82) is 0 Å². The molecular formula is C18H16ClPRu. The summed E-state index contributed by atoms with van der Waals surface area (Å²) < 4.78 is 0. The molecule has 0 heterocycles. The molecule has 3 aromatic carbocycles. The van der Waals surface area contributed by atoms with Crippen LogP contribution < -0.4 is 28.3 Å². The topological polar surface area (TPSA) is 0 Å². The maximum absolute atomic E-state index is 2.23. The monoisotopic (exact) mass is 400 g/mol. The van der Waals surface area contributed by atoms with E-state index in [0.29, 0.717) is 0 Å². The van der Waals surface area contributed by atoms with Gasteiger partial charge in [0.05, 0.1) is 0 Å². The van der Waals surface area contributed by atoms with E-state index in [0.717, 1.165) is 0 Å². The number of rotatable bonds is 3. The summed E-state index contributed by atoms with van der Waals surface area (Å²) in [6.45, 7) is 0. The summed E-state index contributed by atoms with van der Waals surface area (Å²) in [7, 11) is -0.446. The Hall–Kier alpha value is -0.997. The summed E-state index contributed by atoms with van der Waals surface area (Å²) in [5.74, 6) is 0. The van der Waals surface area contributed by atoms with Crippen molar-refractivity contribution < 1.29 is 33.3 Å². The van der Waals surface area contributed by atoms with Crippen LogP contribution in [0.25, 0.3) is 0 Å². The second kappa shape index (κ2) is 9.11. The van der Waals surface area contributed by atoms with Crippen LogP contribution in [0.4, 0.5) is 0 Å². The van der Waals surface area contributed by atoms with E-state index in [1.54, 1.807) is 0 Å². The smallest absolute Gasteiger partial charge is 1.00 e. The van der Waals surface area contributed by atoms with Crippen LogP contribution in [0, 0.1) is 0 Å². The van der Waals surface area contributed by atoms with Crippen LogP contribution in [0.5, 0.6) is 0 Å². The first kappa shape index (κ1) is 18.1. The van der Waals surface area contributed by atoms with Gasteiger partial charge < -0.3 is 13.8 Å². The molecule has 0 spiro atoms. The summed E-state index contributed by atoms with van der Waals surface area (Å²) in [6, 6.07) is 32.3. The SMILES string of the molecule is [Cl-].[H-].[Ru+2].c1ccc(P(c2ccccc2)c2ccccc2)cc1. The molecule has 0 aliphatic carbocycles. The molecule has 0 radical (unpaired) electrons. The molecule has 0 atom stereocenters. The number of benzene rings is 3. The fraction of sp³-hybridized carbons (Fsp3) is 0. The minimum atomic E-state index is -0.446. The molecule has 0 N–H and O–H groups in total. The molecule has 21 heavy (non-hydrogen) atoms. The molecule has 0 bridgehead atoms. The standard InChI is InChI=1S/C18H15P.ClH.Ru.H/c1-4-10-16(11-5-1)19(17-12-6-2-7-13-17)18-14-8-3-9-15-18;;;/h1-15H;1H;;/q;;+2;-1/p-1. The number of hydrogen-bond acceptors (Lipinski definition) is 0. The van der Waals surface area contributed by atoms with Gasteiger partial charge in [0.25, 0.3) is 0 Å². The average Bonchev–Trinajstić information content (AvgIpc) is 2.51. The van der Waals surface area contributed by atoms with E-state index in [4.69, 9.17) is 0 Å². The first-order valence-corrected chi connectivity index (χ1v) is 7.74. The van der Waals surface area contributed by atoms with Gasteiger partial charge in [-0.2, -0.15) is 0 Å². The predicted octanol–water partition coefficient (Wildman–Crippen LogP) is 0.559. The van der Waals surface area contributed by atoms with E-state index in [1.165, 1.54) is 15.9 Å². The van der Waals surface area contributed by atoms with Crippen LogP contribution in [-0.2, 0) is 19.5 Å². The molecule has 0 saturated carbocycles. The zero-order chi connectivity index (χ0) is 12.9. The molecule has 3 aromatic rings. The molecular weight excluding hydrogens is 384 g/mol. The Morgan fingerprint density at radius 1 is 0.476 bits per heavy atom. The third-order valence-electron chi connectivity index (χ3n) is 3.04. The van der Waals surface area contributed by atoms with Crippen molar-refractivity contribution >= 4 is 23.8 Å². The van der Waals surface area contributed by atoms with Crippen LogP contribution in [0.1, 0.15) is 1.43 Å². The molecule has 0 saturated heterocycles. The van der Waals surface area contributed by atoms with Gasteiger partial charge in [-0.15, -0.1) is 0 Å². The van der Waals surface area contributed by atoms with Crippen LogP contribution in [0.3, 0.4) is 0 Å². The van der Waals surface area contributed by atoms with E-state index < -0.39 is 7.92 Å². The Kier molecular flexibility index (Phi) is 7.83. The minimum absolute atomic E-state index is 0. The Balaban J connectivity index is 0.00000147. The third-order valence-corrected chi connectivity index (χ3v) is 5.49. The van der Waals surface area contributed by atoms with E-state index in [-0.39, 0.29) is 33.3 Å². The van der Waals surface area contributed by atoms with Gasteiger partial charge in [-0.3, -0.25) is 0 Å². The zero-order valence-electron chi connectivity index (χ0n) is 12.3. The second-order valence-electron chi connectivity index (χ2n) is 4.34. The average molecular weight is 400 g/mol. The Bertz CT molecular complexity index is 541. The van der Waals surface area contributed by atoms with Gasteiger partial charge in [0, 0.05) is 0 Å². The van der Waals surface area contributed by atoms with Crippen molar-refractivity contribution in [3.05, 3.63) is 91.0 Å². The molecule has 0 unspecified atom stereocenters. The van der Waals surface area contributed by atoms with Crippen LogP contribution in [0.15, 0.2) is 91.0 Å². The van der Waals surface area contributed by atoms with Crippen molar-refractivity contribution in [1.82, 2.24) is 0 Å². The first-order valence-electron chi connectivity index (χ1n) is 6.40. The molecule has 0 amide bonds. The maximum atomic E-state index is 2.23. The fourth-order valence-electron chi connectivity index (χ4n) is 2.18. The van der Waals surface area contributed by atoms with Crippen LogP contribution >= 0.6 is 7.92 Å². The quantitative estimate of drug-likeness (QED) is 0.446. The first-order chi connectivity index (χ1) is 9.45. The molecule has 108 valence electrons. The summed E-state index contributed by atoms with van der Waals surface area (Å²) >= 11 is 0. The van der Waals surface area contributed by atoms with Crippen molar-refractivity contribution in [3.63, 3.8) is 0 Å². The molecule has 3 rings (SSSR count). The van der Waals surface area contributed by atoms with Gasteiger partial charge in [-0.05, 0) is 23.8 Å². The summed E-state index contributed by atoms with van der Waals surface area (Å²) in [6.07, 6.45) is 0. The van der Waals surface area contributed by atoms with Crippen molar-refractivity contribution in [2.75, 3.05) is 0 Å². The van der Waals surface area contributed by atoms with Gasteiger partial charge in [-0.25, -0.2) is 0 Å². The van der Waals surface area contributed by atoms with Crippen molar-refractivity contribution in [3.8, 4) is 0 Å². The molecule has 0 aliphatic heterocycles. The van der Waals surface area contributed by atoms with Crippen LogP contribution in [-0.4, -0.2) is 0 Å². The molecule has 0 nitrogen and oxygen atoms in total. The summed E-state index contributed by atoms with van der Waals surface area (Å²) in [5.41, 5.74) is 0. The van der Waals surface area contributed by atoms with E-state index >= 15 is 0 Å². The normalized spacial score (nSPS) is 9.57. The summed E-state index contributed by atoms with van der Waals surface area (Å²) in [5, 5.41) is 4.19. The van der Waals surface area contributed by atoms with Crippen molar-refractivity contribution in [2.45, 2.75) is 0 Å². The van der Waals surface area contributed by atoms with E-state index in [1.807, 2.05) is 0 Å². The maximum Gasteiger partial charge on any atom is 2.00 e. The Labute approximate surface area is 148 Å². The van der Waals surface area contributed by atoms with E-state index in [9.17, 15) is 0 Å². The van der Waals surface area contributed by atoms with Gasteiger partial charge in [-0.1, -0.05) is 91.0 Å². The number of hydrogen-bond donors (Lipinski definition) is 0. The largest absolute Gasteiger partial charge is 2.00 e. The zero-order valence-corrected chi connectivity index (χ0v) is 14.7. The molecule has 0 fully saturated rings. The Morgan fingerprint density at radius 3 is 0.952 bits per heavy atom. The Morgan fingerprint density at radius 2 is 0.714 bits per heavy atom. The predicted molar refractivity (Wildman–Crippen MR) is 86.3 cm³/mol. The molecule has 3 heteroatoms. The summed E-state index contributed by atoms with van der Waals surface area (Å²) in [4.78, 5) is 0. The second-order valence-corrected chi connectivity index (χ2v) is 6.56. The molecule has 0 aliphatic rings. The van der Waals surface area contributed by atoms with Gasteiger partial charge >= 0.3 is 19.5 Å². The van der Waals surface area contributed by atoms with Gasteiger partial charge in [0.2, 0.25) is 0 Å². The fourth-order valence-corrected chi connectivity index (χ4v) is 4.48. The molecule has 0 aromatic heterocycles.